The van der Waals surface area contributed by atoms with Crippen molar-refractivity contribution in [1.29, 1.82) is 0 Å². The second-order valence-electron chi connectivity index (χ2n) is 4.48. The Hall–Kier alpha value is -2.34. The molecule has 0 fully saturated rings. The number of nitrogens with zero attached hydrogens (tertiary/aromatic N) is 4. The second-order valence-corrected chi connectivity index (χ2v) is 4.90. The van der Waals surface area contributed by atoms with Crippen LogP contribution in [0.3, 0.4) is 0 Å². The van der Waals surface area contributed by atoms with Crippen LogP contribution < -0.4 is 0 Å². The first-order chi connectivity index (χ1) is 9.70. The van der Waals surface area contributed by atoms with Crippen LogP contribution in [0.1, 0.15) is 11.5 Å². The fourth-order valence-electron chi connectivity index (χ4n) is 1.98. The third-order valence-corrected chi connectivity index (χ3v) is 3.09. The molecular weight excluding hydrogens is 270 g/mol. The maximum absolute atomic E-state index is 5.23. The number of aryl methyl sites for hydroxylation is 1. The lowest BCUT2D eigenvalue weighted by atomic mass is 10.2. The summed E-state index contributed by atoms with van der Waals surface area (Å²) in [4.78, 5) is 11.9. The van der Waals surface area contributed by atoms with Crippen LogP contribution in [0.4, 0.5) is 0 Å². The largest absolute Gasteiger partial charge is 0.343 e. The van der Waals surface area contributed by atoms with Gasteiger partial charge in [-0.3, -0.25) is 9.67 Å². The molecule has 0 unspecified atom stereocenters. The fraction of sp³-hybridized carbons (Fsp3) is 0.143. The Kier molecular flexibility index (Phi) is 3.39. The monoisotopic (exact) mass is 283 g/mol. The summed E-state index contributed by atoms with van der Waals surface area (Å²) >= 11 is 5.23. The van der Waals surface area contributed by atoms with Gasteiger partial charge in [0.2, 0.25) is 0 Å². The van der Waals surface area contributed by atoms with Gasteiger partial charge in [0.15, 0.2) is 0 Å². The van der Waals surface area contributed by atoms with Crippen LogP contribution in [0.15, 0.2) is 42.9 Å². The van der Waals surface area contributed by atoms with Crippen LogP contribution in [0, 0.1) is 4.64 Å². The lowest BCUT2D eigenvalue weighted by Gasteiger charge is -2.04. The lowest BCUT2D eigenvalue weighted by molar-refractivity contribution is 0.768. The van der Waals surface area contributed by atoms with E-state index in [1.54, 1.807) is 17.1 Å². The number of pyridine rings is 1. The van der Waals surface area contributed by atoms with E-state index in [1.807, 2.05) is 37.5 Å². The van der Waals surface area contributed by atoms with Gasteiger partial charge in [-0.05, 0) is 18.2 Å². The van der Waals surface area contributed by atoms with Gasteiger partial charge < -0.3 is 4.98 Å². The first-order valence-electron chi connectivity index (χ1n) is 6.20. The summed E-state index contributed by atoms with van der Waals surface area (Å²) in [5.74, 6) is 0.801. The van der Waals surface area contributed by atoms with Gasteiger partial charge in [-0.2, -0.15) is 5.10 Å². The van der Waals surface area contributed by atoms with Crippen molar-refractivity contribution in [3.05, 3.63) is 59.0 Å². The first kappa shape index (κ1) is 12.7. The van der Waals surface area contributed by atoms with Crippen molar-refractivity contribution < 1.29 is 0 Å². The van der Waals surface area contributed by atoms with E-state index < -0.39 is 0 Å². The SMILES string of the molecule is Cn1cc(-c2cc(=S)nc(Cc3ccccn3)[nH]2)cn1. The van der Waals surface area contributed by atoms with E-state index in [-0.39, 0.29) is 0 Å². The standard InChI is InChI=1S/C14H13N5S/c1-19-9-10(8-16-19)12-7-14(20)18-13(17-12)6-11-4-2-3-5-15-11/h2-5,7-9H,6H2,1H3,(H,17,18,20). The molecule has 0 spiro atoms. The molecule has 0 saturated heterocycles. The molecular formula is C14H13N5S. The molecule has 3 aromatic rings. The number of hydrogen-bond acceptors (Lipinski definition) is 4. The second kappa shape index (κ2) is 5.34. The van der Waals surface area contributed by atoms with Crippen LogP contribution in [-0.2, 0) is 13.5 Å². The molecule has 0 bridgehead atoms. The minimum Gasteiger partial charge on any atom is -0.343 e. The van der Waals surface area contributed by atoms with Gasteiger partial charge in [-0.15, -0.1) is 0 Å². The van der Waals surface area contributed by atoms with E-state index in [0.29, 0.717) is 11.1 Å². The van der Waals surface area contributed by atoms with Crippen LogP contribution in [0.25, 0.3) is 11.3 Å². The zero-order chi connectivity index (χ0) is 13.9. The summed E-state index contributed by atoms with van der Waals surface area (Å²) in [7, 11) is 1.88. The number of aromatic nitrogens is 5. The molecule has 100 valence electrons. The summed E-state index contributed by atoms with van der Waals surface area (Å²) in [5, 5.41) is 4.17. The van der Waals surface area contributed by atoms with Crippen LogP contribution >= 0.6 is 12.2 Å². The molecule has 0 radical (unpaired) electrons. The minimum atomic E-state index is 0.563. The number of aromatic amines is 1. The van der Waals surface area contributed by atoms with Gasteiger partial charge in [0, 0.05) is 37.1 Å². The van der Waals surface area contributed by atoms with Gasteiger partial charge in [0.25, 0.3) is 0 Å². The molecule has 5 nitrogen and oxygen atoms in total. The predicted molar refractivity (Wildman–Crippen MR) is 78.7 cm³/mol. The van der Waals surface area contributed by atoms with Crippen LogP contribution in [0.2, 0.25) is 0 Å². The average molecular weight is 283 g/mol. The third kappa shape index (κ3) is 2.80. The Labute approximate surface area is 121 Å². The summed E-state index contributed by atoms with van der Waals surface area (Å²) in [6.45, 7) is 0. The molecule has 0 amide bonds. The van der Waals surface area contributed by atoms with Crippen LogP contribution in [0.5, 0.6) is 0 Å². The summed E-state index contributed by atoms with van der Waals surface area (Å²) in [6, 6.07) is 7.66. The zero-order valence-electron chi connectivity index (χ0n) is 10.9. The highest BCUT2D eigenvalue weighted by atomic mass is 32.1. The molecule has 0 aromatic carbocycles. The zero-order valence-corrected chi connectivity index (χ0v) is 11.8. The Morgan fingerprint density at radius 1 is 1.35 bits per heavy atom. The Morgan fingerprint density at radius 3 is 2.95 bits per heavy atom. The molecule has 3 rings (SSSR count). The molecule has 0 aliphatic heterocycles. The molecule has 3 aromatic heterocycles. The van der Waals surface area contributed by atoms with Gasteiger partial charge >= 0.3 is 0 Å². The number of hydrogen-bond donors (Lipinski definition) is 1. The normalized spacial score (nSPS) is 10.7. The number of rotatable bonds is 3. The molecule has 0 aliphatic carbocycles. The first-order valence-corrected chi connectivity index (χ1v) is 6.61. The van der Waals surface area contributed by atoms with Crippen LogP contribution in [-0.4, -0.2) is 24.7 Å². The maximum atomic E-state index is 5.23. The molecule has 3 heterocycles. The fourth-order valence-corrected chi connectivity index (χ4v) is 2.21. The summed E-state index contributed by atoms with van der Waals surface area (Å²) in [5.41, 5.74) is 2.86. The van der Waals surface area contributed by atoms with E-state index in [0.717, 1.165) is 22.8 Å². The number of H-pyrrole nitrogens is 1. The van der Waals surface area contributed by atoms with Crippen molar-refractivity contribution in [2.24, 2.45) is 7.05 Å². The van der Waals surface area contributed by atoms with Crippen molar-refractivity contribution in [3.8, 4) is 11.3 Å². The highest BCUT2D eigenvalue weighted by Crippen LogP contribution is 2.16. The quantitative estimate of drug-likeness (QED) is 0.750. The highest BCUT2D eigenvalue weighted by molar-refractivity contribution is 7.71. The van der Waals surface area contributed by atoms with Gasteiger partial charge in [-0.25, -0.2) is 4.98 Å². The molecule has 6 heteroatoms. The van der Waals surface area contributed by atoms with E-state index in [1.165, 1.54) is 0 Å². The Balaban J connectivity index is 1.97. The molecule has 20 heavy (non-hydrogen) atoms. The van der Waals surface area contributed by atoms with Gasteiger partial charge in [0.05, 0.1) is 11.9 Å². The average Bonchev–Trinajstić information content (AvgIpc) is 2.86. The van der Waals surface area contributed by atoms with E-state index in [4.69, 9.17) is 12.2 Å². The Morgan fingerprint density at radius 2 is 2.25 bits per heavy atom. The molecule has 0 atom stereocenters. The number of nitrogens with one attached hydrogen (secondary N) is 1. The van der Waals surface area contributed by atoms with Crippen molar-refractivity contribution >= 4 is 12.2 Å². The van der Waals surface area contributed by atoms with Crippen molar-refractivity contribution in [2.75, 3.05) is 0 Å². The maximum Gasteiger partial charge on any atom is 0.130 e. The van der Waals surface area contributed by atoms with E-state index in [9.17, 15) is 0 Å². The third-order valence-electron chi connectivity index (χ3n) is 2.88. The van der Waals surface area contributed by atoms with Crippen molar-refractivity contribution in [3.63, 3.8) is 0 Å². The van der Waals surface area contributed by atoms with Crippen molar-refractivity contribution in [2.45, 2.75) is 6.42 Å². The summed E-state index contributed by atoms with van der Waals surface area (Å²) in [6.07, 6.45) is 6.13. The van der Waals surface area contributed by atoms with E-state index in [2.05, 4.69) is 20.1 Å². The summed E-state index contributed by atoms with van der Waals surface area (Å²) < 4.78 is 2.32. The smallest absolute Gasteiger partial charge is 0.130 e. The topological polar surface area (TPSA) is 59.4 Å². The highest BCUT2D eigenvalue weighted by Gasteiger charge is 2.05. The lowest BCUT2D eigenvalue weighted by Crippen LogP contribution is -2.00. The van der Waals surface area contributed by atoms with E-state index >= 15 is 0 Å². The predicted octanol–water partition coefficient (Wildman–Crippen LogP) is 2.53. The van der Waals surface area contributed by atoms with Gasteiger partial charge in [0.1, 0.15) is 10.5 Å². The van der Waals surface area contributed by atoms with Crippen molar-refractivity contribution in [1.82, 2.24) is 24.7 Å². The van der Waals surface area contributed by atoms with Gasteiger partial charge in [-0.1, -0.05) is 18.3 Å². The minimum absolute atomic E-state index is 0.563. The molecule has 0 saturated carbocycles. The molecule has 1 N–H and O–H groups in total. The Bertz CT molecular complexity index is 776. The molecule has 0 aliphatic rings.